The Hall–Kier alpha value is 0.930. The molecule has 6 aromatic carbocycles. The number of alkyl halides is 4. The molecular formula is C38H34Cl14N3P5. The average Bonchev–Trinajstić information content (AvgIpc) is 3.20. The molecule has 0 aliphatic rings. The summed E-state index contributed by atoms with van der Waals surface area (Å²) in [5.74, 6) is -7.18. The van der Waals surface area contributed by atoms with Gasteiger partial charge in [0.2, 0.25) is 7.41 Å². The fourth-order valence-electron chi connectivity index (χ4n) is 5.55. The zero-order valence-corrected chi connectivity index (χ0v) is 45.7. The average molecular weight is 1180 g/mol. The molecule has 0 spiro atoms. The third-order valence-corrected chi connectivity index (χ3v) is 24.2. The van der Waals surface area contributed by atoms with Crippen LogP contribution >= 0.6 is 187 Å². The first-order chi connectivity index (χ1) is 28.0. The van der Waals surface area contributed by atoms with Gasteiger partial charge in [-0.15, -0.1) is 46.4 Å². The van der Waals surface area contributed by atoms with Crippen molar-refractivity contribution in [2.24, 2.45) is 13.5 Å². The van der Waals surface area contributed by atoms with E-state index in [1.54, 1.807) is 0 Å². The Bertz CT molecular complexity index is 2160. The standard InChI is InChI=1S/C36H30Cl4N3P4.2CH2Cl2.Cl6P/c37-46(38,41-44(31-19-7-1-8-20-31,32-21-9-2-10-22-32)33-23-11-3-12-24-33)43-47(39,40)42-45(34-25-13-4-14-26-34,35-27-15-5-16-28-35)36-29-17-6-18-30-36;2*2-1-3;1-7(2,3,4,5)6/h1-30H;2*1H2;/q+1;;;-1. The second kappa shape index (κ2) is 24.1. The molecule has 0 heterocycles. The fraction of sp³-hybridized carbons (Fsp3) is 0.0526. The first-order valence-corrected chi connectivity index (χ1v) is 37.5. The van der Waals surface area contributed by atoms with Crippen LogP contribution in [0.25, 0.3) is 0 Å². The van der Waals surface area contributed by atoms with E-state index in [1.807, 2.05) is 109 Å². The predicted octanol–water partition coefficient (Wildman–Crippen LogP) is 19.8. The molecule has 0 amide bonds. The van der Waals surface area contributed by atoms with Gasteiger partial charge in [-0.25, -0.2) is 4.52 Å². The predicted molar refractivity (Wildman–Crippen MR) is 290 cm³/mol. The van der Waals surface area contributed by atoms with Gasteiger partial charge in [0.15, 0.2) is 0 Å². The van der Waals surface area contributed by atoms with Crippen LogP contribution in [0.15, 0.2) is 196 Å². The number of nitrogens with zero attached hydrogens (tertiary/aromatic N) is 3. The van der Waals surface area contributed by atoms with E-state index in [2.05, 4.69) is 72.8 Å². The van der Waals surface area contributed by atoms with Crippen molar-refractivity contribution in [3.05, 3.63) is 182 Å². The molecule has 0 atom stereocenters. The van der Waals surface area contributed by atoms with Crippen LogP contribution in [0.4, 0.5) is 0 Å². The van der Waals surface area contributed by atoms with Gasteiger partial charge in [0.05, 0.1) is 17.7 Å². The van der Waals surface area contributed by atoms with Gasteiger partial charge in [-0.05, 0) is 81.4 Å². The molecule has 324 valence electrons. The molecule has 22 heteroatoms. The van der Waals surface area contributed by atoms with Crippen molar-refractivity contribution >= 4 is 219 Å². The molecule has 0 aliphatic heterocycles. The summed E-state index contributed by atoms with van der Waals surface area (Å²) < 4.78 is 10.8. The number of rotatable bonds is 9. The molecule has 0 saturated heterocycles. The monoisotopic (exact) mass is 1180 g/mol. The van der Waals surface area contributed by atoms with E-state index in [-0.39, 0.29) is 10.7 Å². The van der Waals surface area contributed by atoms with Crippen LogP contribution in [0.3, 0.4) is 0 Å². The molecular weight excluding hydrogens is 1150 g/mol. The maximum absolute atomic E-state index is 7.30. The zero-order valence-electron chi connectivity index (χ0n) is 30.6. The molecule has 0 fully saturated rings. The summed E-state index contributed by atoms with van der Waals surface area (Å²) in [5.41, 5.74) is 0. The van der Waals surface area contributed by atoms with Gasteiger partial charge in [-0.2, -0.15) is 4.52 Å². The molecule has 0 saturated carbocycles. The van der Waals surface area contributed by atoms with Gasteiger partial charge in [-0.3, -0.25) is 0 Å². The Morgan fingerprint density at radius 1 is 0.367 bits per heavy atom. The molecule has 6 aromatic rings. The Morgan fingerprint density at radius 3 is 0.817 bits per heavy atom. The van der Waals surface area contributed by atoms with Crippen LogP contribution in [0.2, 0.25) is 0 Å². The van der Waals surface area contributed by atoms with Gasteiger partial charge < -0.3 is 0 Å². The van der Waals surface area contributed by atoms with E-state index in [1.165, 1.54) is 0 Å². The number of benzene rings is 6. The van der Waals surface area contributed by atoms with Crippen molar-refractivity contribution in [3.8, 4) is 0 Å². The van der Waals surface area contributed by atoms with Crippen molar-refractivity contribution in [1.82, 2.24) is 0 Å². The van der Waals surface area contributed by atoms with E-state index < -0.39 is 28.3 Å². The summed E-state index contributed by atoms with van der Waals surface area (Å²) in [4.78, 5) is 0. The topological polar surface area (TPSA) is 37.1 Å². The van der Waals surface area contributed by atoms with Crippen molar-refractivity contribution < 1.29 is 0 Å². The fourth-order valence-corrected chi connectivity index (χ4v) is 26.4. The Balaban J connectivity index is 0.000000648. The van der Waals surface area contributed by atoms with Crippen molar-refractivity contribution in [2.45, 2.75) is 0 Å². The number of hydrogen-bond donors (Lipinski definition) is 0. The minimum atomic E-state index is -4.82. The molecule has 60 heavy (non-hydrogen) atoms. The van der Waals surface area contributed by atoms with Crippen LogP contribution in [0.1, 0.15) is 0 Å². The Kier molecular flexibility index (Phi) is 22.2. The van der Waals surface area contributed by atoms with E-state index in [9.17, 15) is 0 Å². The number of hydrogen-bond acceptors (Lipinski definition) is 1. The van der Waals surface area contributed by atoms with Crippen LogP contribution < -0.4 is 31.8 Å². The second-order valence-electron chi connectivity index (χ2n) is 11.6. The molecule has 0 radical (unpaired) electrons. The zero-order chi connectivity index (χ0) is 44.6. The maximum atomic E-state index is 7.30. The normalized spacial score (nSPS) is 12.9. The summed E-state index contributed by atoms with van der Waals surface area (Å²) in [6.45, 7) is 0. The second-order valence-corrected chi connectivity index (χ2v) is 54.5. The molecule has 3 nitrogen and oxygen atoms in total. The van der Waals surface area contributed by atoms with Crippen molar-refractivity contribution in [2.75, 3.05) is 10.7 Å². The molecule has 0 bridgehead atoms. The molecule has 0 unspecified atom stereocenters. The number of halogens is 14. The van der Waals surface area contributed by atoms with E-state index in [0.29, 0.717) is 0 Å². The third kappa shape index (κ3) is 18.7. The van der Waals surface area contributed by atoms with Crippen LogP contribution in [0.5, 0.6) is 0 Å². The summed E-state index contributed by atoms with van der Waals surface area (Å²) in [7, 11) is -5.60. The molecule has 0 N–H and O–H groups in total. The van der Waals surface area contributed by atoms with Crippen LogP contribution in [0, 0.1) is 0 Å². The Morgan fingerprint density at radius 2 is 0.583 bits per heavy atom. The van der Waals surface area contributed by atoms with E-state index in [4.69, 9.17) is 172 Å². The van der Waals surface area contributed by atoms with Gasteiger partial charge in [0.1, 0.15) is 15.9 Å². The summed E-state index contributed by atoms with van der Waals surface area (Å²) in [5, 5.41) is 6.32. The van der Waals surface area contributed by atoms with E-state index >= 15 is 0 Å². The molecule has 0 aromatic heterocycles. The first-order valence-electron chi connectivity index (χ1n) is 16.8. The van der Waals surface area contributed by atoms with Crippen molar-refractivity contribution in [3.63, 3.8) is 0 Å². The molecule has 6 rings (SSSR count). The van der Waals surface area contributed by atoms with Crippen molar-refractivity contribution in [1.29, 1.82) is 0 Å². The SMILES string of the molecule is ClCCl.ClCCl.ClP(Cl)(=NP(Cl)(Cl)=N[P+](c1ccccc1)(c1ccccc1)c1ccccc1)N=P(c1ccccc1)(c1ccccc1)c1ccccc1.Cl[P-](Cl)(Cl)(Cl)(Cl)Cl. The van der Waals surface area contributed by atoms with Gasteiger partial charge in [0, 0.05) is 15.9 Å². The van der Waals surface area contributed by atoms with Gasteiger partial charge in [0.25, 0.3) is 11.8 Å². The minimum absolute atomic E-state index is 0.194. The van der Waals surface area contributed by atoms with Crippen LogP contribution in [-0.2, 0) is 0 Å². The first kappa shape index (κ1) is 55.3. The summed E-state index contributed by atoms with van der Waals surface area (Å²) >= 11 is 78.3. The molecule has 0 aliphatic carbocycles. The van der Waals surface area contributed by atoms with Crippen LogP contribution in [-0.4, -0.2) is 10.7 Å². The third-order valence-electron chi connectivity index (χ3n) is 7.48. The van der Waals surface area contributed by atoms with Gasteiger partial charge >= 0.3 is 69.5 Å². The Labute approximate surface area is 420 Å². The quantitative estimate of drug-likeness (QED) is 0.102. The van der Waals surface area contributed by atoms with Gasteiger partial charge in [-0.1, -0.05) is 150 Å². The summed E-state index contributed by atoms with van der Waals surface area (Å²) in [6, 6.07) is 60.7. The summed E-state index contributed by atoms with van der Waals surface area (Å²) in [6.07, 6.45) is 0. The van der Waals surface area contributed by atoms with E-state index in [0.717, 1.165) is 31.8 Å².